The highest BCUT2D eigenvalue weighted by Crippen LogP contribution is 2.02. The van der Waals surface area contributed by atoms with E-state index in [1.165, 1.54) is 25.1 Å². The maximum Gasteiger partial charge on any atom is 0.0155 e. The zero-order chi connectivity index (χ0) is 10.8. The van der Waals surface area contributed by atoms with Crippen LogP contribution in [0.5, 0.6) is 0 Å². The zero-order valence-electron chi connectivity index (χ0n) is 10.2. The molecule has 14 heavy (non-hydrogen) atoms. The summed E-state index contributed by atoms with van der Waals surface area (Å²) in [4.78, 5) is 2.43. The fourth-order valence-electron chi connectivity index (χ4n) is 1.27. The van der Waals surface area contributed by atoms with Crippen LogP contribution in [0.1, 0.15) is 26.7 Å². The SMILES string of the molecule is CCCCNCCN(C)C(C)CSC. The third-order valence-corrected chi connectivity index (χ3v) is 3.32. The third-order valence-electron chi connectivity index (χ3n) is 2.51. The molecule has 0 bridgehead atoms. The highest BCUT2D eigenvalue weighted by molar-refractivity contribution is 7.98. The van der Waals surface area contributed by atoms with Crippen molar-refractivity contribution in [3.63, 3.8) is 0 Å². The van der Waals surface area contributed by atoms with Crippen LogP contribution in [0, 0.1) is 0 Å². The van der Waals surface area contributed by atoms with Crippen LogP contribution in [0.4, 0.5) is 0 Å². The fraction of sp³-hybridized carbons (Fsp3) is 1.00. The van der Waals surface area contributed by atoms with Gasteiger partial charge in [0.2, 0.25) is 0 Å². The Hall–Kier alpha value is 0.270. The van der Waals surface area contributed by atoms with Crippen LogP contribution in [-0.2, 0) is 0 Å². The summed E-state index contributed by atoms with van der Waals surface area (Å²) in [6.45, 7) is 7.97. The highest BCUT2D eigenvalue weighted by atomic mass is 32.2. The van der Waals surface area contributed by atoms with Gasteiger partial charge < -0.3 is 10.2 Å². The molecule has 0 aliphatic heterocycles. The summed E-state index contributed by atoms with van der Waals surface area (Å²) in [5, 5.41) is 3.47. The van der Waals surface area contributed by atoms with Gasteiger partial charge >= 0.3 is 0 Å². The summed E-state index contributed by atoms with van der Waals surface area (Å²) in [6.07, 6.45) is 4.75. The Morgan fingerprint density at radius 2 is 2.07 bits per heavy atom. The van der Waals surface area contributed by atoms with Gasteiger partial charge in [-0.2, -0.15) is 11.8 Å². The second-order valence-corrected chi connectivity index (χ2v) is 4.80. The van der Waals surface area contributed by atoms with E-state index < -0.39 is 0 Å². The van der Waals surface area contributed by atoms with Crippen molar-refractivity contribution in [1.29, 1.82) is 0 Å². The van der Waals surface area contributed by atoms with Crippen LogP contribution in [0.15, 0.2) is 0 Å². The van der Waals surface area contributed by atoms with E-state index in [1.54, 1.807) is 0 Å². The number of nitrogens with zero attached hydrogens (tertiary/aromatic N) is 1. The standard InChI is InChI=1S/C11H26N2S/c1-5-6-7-12-8-9-13(3)11(2)10-14-4/h11-12H,5-10H2,1-4H3. The van der Waals surface area contributed by atoms with Gasteiger partial charge in [-0.15, -0.1) is 0 Å². The molecule has 1 N–H and O–H groups in total. The first-order valence-corrected chi connectivity index (χ1v) is 7.01. The Kier molecular flexibility index (Phi) is 10.0. The molecule has 0 heterocycles. The number of unbranched alkanes of at least 4 members (excludes halogenated alkanes) is 1. The van der Waals surface area contributed by atoms with Gasteiger partial charge in [0, 0.05) is 24.9 Å². The van der Waals surface area contributed by atoms with Gasteiger partial charge in [-0.05, 0) is 33.2 Å². The van der Waals surface area contributed by atoms with Crippen molar-refractivity contribution >= 4 is 11.8 Å². The maximum atomic E-state index is 3.47. The lowest BCUT2D eigenvalue weighted by Gasteiger charge is -2.24. The largest absolute Gasteiger partial charge is 0.315 e. The Labute approximate surface area is 93.8 Å². The Morgan fingerprint density at radius 1 is 1.36 bits per heavy atom. The van der Waals surface area contributed by atoms with Gasteiger partial charge in [-0.25, -0.2) is 0 Å². The number of nitrogens with one attached hydrogen (secondary N) is 1. The molecule has 0 radical (unpaired) electrons. The summed E-state index contributed by atoms with van der Waals surface area (Å²) >= 11 is 1.92. The molecule has 2 nitrogen and oxygen atoms in total. The van der Waals surface area contributed by atoms with Crippen LogP contribution < -0.4 is 5.32 Å². The molecule has 0 amide bonds. The lowest BCUT2D eigenvalue weighted by molar-refractivity contribution is 0.277. The van der Waals surface area contributed by atoms with E-state index in [9.17, 15) is 0 Å². The van der Waals surface area contributed by atoms with Crippen LogP contribution in [0.3, 0.4) is 0 Å². The Morgan fingerprint density at radius 3 is 2.64 bits per heavy atom. The van der Waals surface area contributed by atoms with Crippen LogP contribution in [0.2, 0.25) is 0 Å². The molecule has 0 saturated carbocycles. The molecule has 0 aromatic carbocycles. The lowest BCUT2D eigenvalue weighted by atomic mass is 10.3. The number of hydrogen-bond donors (Lipinski definition) is 1. The fourth-order valence-corrected chi connectivity index (χ4v) is 2.01. The first-order valence-electron chi connectivity index (χ1n) is 5.62. The van der Waals surface area contributed by atoms with Crippen LogP contribution >= 0.6 is 11.8 Å². The van der Waals surface area contributed by atoms with E-state index in [4.69, 9.17) is 0 Å². The molecule has 0 aliphatic carbocycles. The smallest absolute Gasteiger partial charge is 0.0155 e. The van der Waals surface area contributed by atoms with Crippen molar-refractivity contribution in [2.75, 3.05) is 38.7 Å². The minimum Gasteiger partial charge on any atom is -0.315 e. The molecule has 1 unspecified atom stereocenters. The molecule has 0 fully saturated rings. The maximum absolute atomic E-state index is 3.47. The van der Waals surface area contributed by atoms with Gasteiger partial charge in [0.25, 0.3) is 0 Å². The van der Waals surface area contributed by atoms with Gasteiger partial charge in [0.1, 0.15) is 0 Å². The van der Waals surface area contributed by atoms with E-state index in [0.29, 0.717) is 6.04 Å². The Bertz CT molecular complexity index is 120. The molecule has 0 aliphatic rings. The monoisotopic (exact) mass is 218 g/mol. The van der Waals surface area contributed by atoms with Gasteiger partial charge in [-0.1, -0.05) is 13.3 Å². The number of hydrogen-bond acceptors (Lipinski definition) is 3. The minimum absolute atomic E-state index is 0.693. The van der Waals surface area contributed by atoms with E-state index >= 15 is 0 Å². The predicted molar refractivity (Wildman–Crippen MR) is 68.3 cm³/mol. The molecule has 0 aromatic heterocycles. The average Bonchev–Trinajstić information content (AvgIpc) is 2.17. The molecular weight excluding hydrogens is 192 g/mol. The van der Waals surface area contributed by atoms with Crippen molar-refractivity contribution in [1.82, 2.24) is 10.2 Å². The molecule has 0 rings (SSSR count). The van der Waals surface area contributed by atoms with Gasteiger partial charge in [-0.3, -0.25) is 0 Å². The minimum atomic E-state index is 0.693. The second kappa shape index (κ2) is 9.81. The normalized spacial score (nSPS) is 13.5. The van der Waals surface area contributed by atoms with Gasteiger partial charge in [0.15, 0.2) is 0 Å². The number of likely N-dealkylation sites (N-methyl/N-ethyl adjacent to an activating group) is 1. The molecule has 1 atom stereocenters. The number of rotatable bonds is 9. The first-order chi connectivity index (χ1) is 6.72. The molecule has 0 spiro atoms. The quantitative estimate of drug-likeness (QED) is 0.596. The van der Waals surface area contributed by atoms with Crippen LogP contribution in [-0.4, -0.2) is 49.6 Å². The van der Waals surface area contributed by atoms with Gasteiger partial charge in [0.05, 0.1) is 0 Å². The third kappa shape index (κ3) is 7.65. The zero-order valence-corrected chi connectivity index (χ0v) is 11.0. The van der Waals surface area contributed by atoms with Crippen molar-refractivity contribution in [2.45, 2.75) is 32.7 Å². The van der Waals surface area contributed by atoms with E-state index in [0.717, 1.165) is 13.1 Å². The summed E-state index contributed by atoms with van der Waals surface area (Å²) in [5.74, 6) is 1.23. The van der Waals surface area contributed by atoms with Crippen LogP contribution in [0.25, 0.3) is 0 Å². The number of thioether (sulfide) groups is 1. The predicted octanol–water partition coefficient (Wildman–Crippen LogP) is 2.06. The first kappa shape index (κ1) is 14.3. The molecular formula is C11H26N2S. The Balaban J connectivity index is 3.29. The summed E-state index contributed by atoms with van der Waals surface area (Å²) in [5.41, 5.74) is 0. The van der Waals surface area contributed by atoms with Crippen molar-refractivity contribution < 1.29 is 0 Å². The average molecular weight is 218 g/mol. The molecule has 3 heteroatoms. The summed E-state index contributed by atoms with van der Waals surface area (Å²) in [6, 6.07) is 0.693. The summed E-state index contributed by atoms with van der Waals surface area (Å²) < 4.78 is 0. The molecule has 0 aromatic rings. The molecule has 0 saturated heterocycles. The topological polar surface area (TPSA) is 15.3 Å². The highest BCUT2D eigenvalue weighted by Gasteiger charge is 2.06. The van der Waals surface area contributed by atoms with E-state index in [-0.39, 0.29) is 0 Å². The van der Waals surface area contributed by atoms with Crippen molar-refractivity contribution in [2.24, 2.45) is 0 Å². The second-order valence-electron chi connectivity index (χ2n) is 3.89. The summed E-state index contributed by atoms with van der Waals surface area (Å²) in [7, 11) is 2.21. The van der Waals surface area contributed by atoms with E-state index in [1.807, 2.05) is 11.8 Å². The van der Waals surface area contributed by atoms with Crippen molar-refractivity contribution in [3.05, 3.63) is 0 Å². The van der Waals surface area contributed by atoms with E-state index in [2.05, 4.69) is 37.4 Å². The molecule has 86 valence electrons. The lowest BCUT2D eigenvalue weighted by Crippen LogP contribution is -2.36. The van der Waals surface area contributed by atoms with Crippen molar-refractivity contribution in [3.8, 4) is 0 Å².